The summed E-state index contributed by atoms with van der Waals surface area (Å²) in [6.07, 6.45) is 6.09. The van der Waals surface area contributed by atoms with Crippen LogP contribution < -0.4 is 5.32 Å². The molecule has 0 saturated carbocycles. The lowest BCUT2D eigenvalue weighted by molar-refractivity contribution is 0.440. The van der Waals surface area contributed by atoms with Crippen LogP contribution in [0.1, 0.15) is 30.3 Å². The molecule has 2 aliphatic rings. The van der Waals surface area contributed by atoms with Crippen LogP contribution in [0.3, 0.4) is 0 Å². The van der Waals surface area contributed by atoms with Crippen molar-refractivity contribution in [2.45, 2.75) is 31.7 Å². The maximum Gasteiger partial charge on any atom is 0.108 e. The number of hydrogen-bond donors (Lipinski definition) is 1. The minimum absolute atomic E-state index is 0.693. The third-order valence-electron chi connectivity index (χ3n) is 3.13. The van der Waals surface area contributed by atoms with Gasteiger partial charge in [0.25, 0.3) is 0 Å². The number of rotatable bonds is 1. The third-order valence-corrected chi connectivity index (χ3v) is 3.13. The van der Waals surface area contributed by atoms with Crippen LogP contribution in [0.4, 0.5) is 0 Å². The van der Waals surface area contributed by atoms with Crippen LogP contribution in [0.5, 0.6) is 0 Å². The SMILES string of the molecule is c1c(C2CNC2)nc2n1CCCC2. The Balaban J connectivity index is 1.90. The van der Waals surface area contributed by atoms with Crippen LogP contribution >= 0.6 is 0 Å². The number of hydrogen-bond acceptors (Lipinski definition) is 2. The number of imidazole rings is 1. The molecule has 0 radical (unpaired) electrons. The van der Waals surface area contributed by atoms with E-state index in [4.69, 9.17) is 4.98 Å². The first-order chi connectivity index (χ1) is 6.43. The summed E-state index contributed by atoms with van der Waals surface area (Å²) in [5, 5.41) is 3.29. The van der Waals surface area contributed by atoms with Crippen molar-refractivity contribution < 1.29 is 0 Å². The number of aromatic nitrogens is 2. The minimum atomic E-state index is 0.693. The van der Waals surface area contributed by atoms with E-state index in [0.717, 1.165) is 13.1 Å². The van der Waals surface area contributed by atoms with E-state index in [2.05, 4.69) is 16.1 Å². The first-order valence-electron chi connectivity index (χ1n) is 5.20. The second-order valence-electron chi connectivity index (χ2n) is 4.09. The largest absolute Gasteiger partial charge is 0.335 e. The predicted octanol–water partition coefficient (Wildman–Crippen LogP) is 0.906. The van der Waals surface area contributed by atoms with Gasteiger partial charge in [-0.25, -0.2) is 4.98 Å². The zero-order valence-electron chi connectivity index (χ0n) is 7.79. The molecule has 1 N–H and O–H groups in total. The molecule has 3 heterocycles. The van der Waals surface area contributed by atoms with Gasteiger partial charge in [0.2, 0.25) is 0 Å². The summed E-state index contributed by atoms with van der Waals surface area (Å²) in [4.78, 5) is 4.70. The van der Waals surface area contributed by atoms with Crippen LogP contribution in [-0.4, -0.2) is 22.6 Å². The molecular weight excluding hydrogens is 162 g/mol. The van der Waals surface area contributed by atoms with Crippen molar-refractivity contribution in [1.82, 2.24) is 14.9 Å². The van der Waals surface area contributed by atoms with Crippen LogP contribution in [0.15, 0.2) is 6.20 Å². The van der Waals surface area contributed by atoms with E-state index in [1.807, 2.05) is 0 Å². The first-order valence-corrected chi connectivity index (χ1v) is 5.20. The highest BCUT2D eigenvalue weighted by Gasteiger charge is 2.23. The predicted molar refractivity (Wildman–Crippen MR) is 50.8 cm³/mol. The monoisotopic (exact) mass is 177 g/mol. The molecule has 0 bridgehead atoms. The van der Waals surface area contributed by atoms with Crippen molar-refractivity contribution in [1.29, 1.82) is 0 Å². The van der Waals surface area contributed by atoms with E-state index in [1.54, 1.807) is 0 Å². The Hall–Kier alpha value is -0.830. The number of aryl methyl sites for hydroxylation is 2. The Labute approximate surface area is 78.2 Å². The molecule has 1 saturated heterocycles. The summed E-state index contributed by atoms with van der Waals surface area (Å²) < 4.78 is 2.34. The Bertz CT molecular complexity index is 288. The summed E-state index contributed by atoms with van der Waals surface area (Å²) in [6.45, 7) is 3.43. The zero-order valence-corrected chi connectivity index (χ0v) is 7.79. The van der Waals surface area contributed by atoms with Crippen molar-refractivity contribution in [3.8, 4) is 0 Å². The van der Waals surface area contributed by atoms with E-state index < -0.39 is 0 Å². The van der Waals surface area contributed by atoms with E-state index in [9.17, 15) is 0 Å². The van der Waals surface area contributed by atoms with Crippen LogP contribution in [0.25, 0.3) is 0 Å². The molecule has 0 atom stereocenters. The van der Waals surface area contributed by atoms with Crippen molar-refractivity contribution in [3.63, 3.8) is 0 Å². The Morgan fingerprint density at radius 3 is 3.00 bits per heavy atom. The molecule has 0 unspecified atom stereocenters. The summed E-state index contributed by atoms with van der Waals surface area (Å²) in [6, 6.07) is 0. The molecular formula is C10H15N3. The van der Waals surface area contributed by atoms with E-state index in [-0.39, 0.29) is 0 Å². The highest BCUT2D eigenvalue weighted by molar-refractivity contribution is 5.14. The lowest BCUT2D eigenvalue weighted by Crippen LogP contribution is -2.40. The van der Waals surface area contributed by atoms with Gasteiger partial charge in [-0.3, -0.25) is 0 Å². The highest BCUT2D eigenvalue weighted by Crippen LogP contribution is 2.22. The second-order valence-corrected chi connectivity index (χ2v) is 4.09. The van der Waals surface area contributed by atoms with Gasteiger partial charge in [-0.15, -0.1) is 0 Å². The fourth-order valence-electron chi connectivity index (χ4n) is 2.13. The molecule has 3 heteroatoms. The van der Waals surface area contributed by atoms with Gasteiger partial charge in [0.1, 0.15) is 5.82 Å². The lowest BCUT2D eigenvalue weighted by atomic mass is 10.0. The number of nitrogens with zero attached hydrogens (tertiary/aromatic N) is 2. The molecule has 0 aromatic carbocycles. The van der Waals surface area contributed by atoms with Gasteiger partial charge in [-0.1, -0.05) is 0 Å². The van der Waals surface area contributed by atoms with Gasteiger partial charge in [-0.2, -0.15) is 0 Å². The molecule has 0 aliphatic carbocycles. The Kier molecular flexibility index (Phi) is 1.65. The molecule has 70 valence electrons. The smallest absolute Gasteiger partial charge is 0.108 e. The van der Waals surface area contributed by atoms with Crippen LogP contribution in [0.2, 0.25) is 0 Å². The van der Waals surface area contributed by atoms with E-state index in [1.165, 1.54) is 37.3 Å². The van der Waals surface area contributed by atoms with Gasteiger partial charge in [0, 0.05) is 38.2 Å². The average Bonchev–Trinajstić information content (AvgIpc) is 2.43. The fraction of sp³-hybridized carbons (Fsp3) is 0.700. The topological polar surface area (TPSA) is 29.9 Å². The maximum atomic E-state index is 4.70. The molecule has 3 rings (SSSR count). The maximum absolute atomic E-state index is 4.70. The summed E-state index contributed by atoms with van der Waals surface area (Å²) >= 11 is 0. The molecule has 3 nitrogen and oxygen atoms in total. The van der Waals surface area contributed by atoms with Crippen molar-refractivity contribution in [3.05, 3.63) is 17.7 Å². The molecule has 0 amide bonds. The number of fused-ring (bicyclic) bond motifs is 1. The highest BCUT2D eigenvalue weighted by atomic mass is 15.1. The fourth-order valence-corrected chi connectivity index (χ4v) is 2.13. The van der Waals surface area contributed by atoms with Crippen molar-refractivity contribution in [2.75, 3.05) is 13.1 Å². The van der Waals surface area contributed by atoms with Crippen LogP contribution in [-0.2, 0) is 13.0 Å². The molecule has 13 heavy (non-hydrogen) atoms. The van der Waals surface area contributed by atoms with Gasteiger partial charge >= 0.3 is 0 Å². The van der Waals surface area contributed by atoms with Crippen molar-refractivity contribution >= 4 is 0 Å². The summed E-state index contributed by atoms with van der Waals surface area (Å²) in [7, 11) is 0. The number of nitrogens with one attached hydrogen (secondary N) is 1. The van der Waals surface area contributed by atoms with Gasteiger partial charge in [-0.05, 0) is 12.8 Å². The molecule has 1 aromatic rings. The molecule has 1 aromatic heterocycles. The lowest BCUT2D eigenvalue weighted by Gasteiger charge is -2.24. The standard InChI is InChI=1S/C10H15N3/c1-2-4-13-7-9(8-5-11-6-8)12-10(13)3-1/h7-8,11H,1-6H2. The summed E-state index contributed by atoms with van der Waals surface area (Å²) in [5.41, 5.74) is 1.32. The first kappa shape index (κ1) is 7.56. The van der Waals surface area contributed by atoms with Gasteiger partial charge in [0.15, 0.2) is 0 Å². The van der Waals surface area contributed by atoms with E-state index in [0.29, 0.717) is 5.92 Å². The minimum Gasteiger partial charge on any atom is -0.335 e. The van der Waals surface area contributed by atoms with E-state index >= 15 is 0 Å². The van der Waals surface area contributed by atoms with Gasteiger partial charge < -0.3 is 9.88 Å². The third kappa shape index (κ3) is 1.18. The quantitative estimate of drug-likeness (QED) is 0.691. The average molecular weight is 177 g/mol. The van der Waals surface area contributed by atoms with Crippen LogP contribution in [0, 0.1) is 0 Å². The molecule has 1 fully saturated rings. The zero-order chi connectivity index (χ0) is 8.67. The normalized spacial score (nSPS) is 22.5. The Morgan fingerprint density at radius 1 is 1.38 bits per heavy atom. The molecule has 2 aliphatic heterocycles. The van der Waals surface area contributed by atoms with Crippen molar-refractivity contribution in [2.24, 2.45) is 0 Å². The molecule has 0 spiro atoms. The summed E-state index contributed by atoms with van der Waals surface area (Å²) in [5.74, 6) is 2.01. The van der Waals surface area contributed by atoms with Gasteiger partial charge in [0.05, 0.1) is 5.69 Å². The Morgan fingerprint density at radius 2 is 2.31 bits per heavy atom. The second kappa shape index (κ2) is 2.84.